The number of carbonyl (C=O) groups excluding carboxylic acids is 1. The Morgan fingerprint density at radius 1 is 1.42 bits per heavy atom. The van der Waals surface area contributed by atoms with Gasteiger partial charge in [0.25, 0.3) is 0 Å². The lowest BCUT2D eigenvalue weighted by Crippen LogP contribution is -2.25. The minimum Gasteiger partial charge on any atom is -0.495 e. The summed E-state index contributed by atoms with van der Waals surface area (Å²) in [6.07, 6.45) is 0.458. The Kier molecular flexibility index (Phi) is 6.15. The molecule has 0 aliphatic rings. The Bertz CT molecular complexity index is 421. The van der Waals surface area contributed by atoms with Crippen molar-refractivity contribution >= 4 is 11.6 Å². The normalized spacial score (nSPS) is 11.9. The lowest BCUT2D eigenvalue weighted by atomic mass is 10.1. The van der Waals surface area contributed by atoms with Gasteiger partial charge >= 0.3 is 0 Å². The fraction of sp³-hybridized carbons (Fsp3) is 0.500. The quantitative estimate of drug-likeness (QED) is 0.735. The van der Waals surface area contributed by atoms with Crippen LogP contribution in [0.25, 0.3) is 0 Å². The molecule has 0 bridgehead atoms. The summed E-state index contributed by atoms with van der Waals surface area (Å²) in [5.74, 6) is 0.869. The van der Waals surface area contributed by atoms with Crippen LogP contribution in [0.1, 0.15) is 18.9 Å². The van der Waals surface area contributed by atoms with Crippen molar-refractivity contribution in [1.29, 1.82) is 0 Å². The molecular weight excluding hydrogens is 244 g/mol. The Hall–Kier alpha value is -1.75. The number of hydrogen-bond donors (Lipinski definition) is 2. The number of benzene rings is 1. The molecule has 0 saturated carbocycles. The van der Waals surface area contributed by atoms with E-state index in [9.17, 15) is 4.79 Å². The number of hydrogen-bond acceptors (Lipinski definition) is 4. The van der Waals surface area contributed by atoms with E-state index >= 15 is 0 Å². The molecule has 1 rings (SSSR count). The molecule has 5 heteroatoms. The third kappa shape index (κ3) is 5.18. The highest BCUT2D eigenvalue weighted by molar-refractivity contribution is 5.76. The molecule has 1 unspecified atom stereocenters. The smallest absolute Gasteiger partial charge is 0.220 e. The fourth-order valence-electron chi connectivity index (χ4n) is 1.83. The molecule has 1 amide bonds. The van der Waals surface area contributed by atoms with Gasteiger partial charge in [-0.3, -0.25) is 4.79 Å². The molecule has 0 fully saturated rings. The molecule has 0 radical (unpaired) electrons. The number of carbonyl (C=O) groups is 1. The summed E-state index contributed by atoms with van der Waals surface area (Å²) < 4.78 is 10.1. The van der Waals surface area contributed by atoms with Crippen molar-refractivity contribution in [2.24, 2.45) is 5.92 Å². The second-order valence-electron chi connectivity index (χ2n) is 4.62. The average molecular weight is 266 g/mol. The highest BCUT2D eigenvalue weighted by Crippen LogP contribution is 2.21. The van der Waals surface area contributed by atoms with E-state index in [1.165, 1.54) is 0 Å². The van der Waals surface area contributed by atoms with E-state index in [0.717, 1.165) is 5.56 Å². The predicted molar refractivity (Wildman–Crippen MR) is 74.9 cm³/mol. The number of anilines is 1. The van der Waals surface area contributed by atoms with Crippen LogP contribution in [-0.2, 0) is 16.1 Å². The number of rotatable bonds is 7. The fourth-order valence-corrected chi connectivity index (χ4v) is 1.83. The number of ether oxygens (including phenoxy) is 2. The summed E-state index contributed by atoms with van der Waals surface area (Å²) >= 11 is 0. The monoisotopic (exact) mass is 266 g/mol. The van der Waals surface area contributed by atoms with E-state index in [-0.39, 0.29) is 11.8 Å². The van der Waals surface area contributed by atoms with E-state index in [0.29, 0.717) is 31.0 Å². The molecule has 0 aliphatic heterocycles. The van der Waals surface area contributed by atoms with Crippen molar-refractivity contribution < 1.29 is 14.3 Å². The first-order valence-corrected chi connectivity index (χ1v) is 6.24. The van der Waals surface area contributed by atoms with E-state index in [1.54, 1.807) is 26.4 Å². The lowest BCUT2D eigenvalue weighted by Gasteiger charge is -2.11. The van der Waals surface area contributed by atoms with Crippen molar-refractivity contribution in [1.82, 2.24) is 5.32 Å². The second kappa shape index (κ2) is 7.63. The van der Waals surface area contributed by atoms with Gasteiger partial charge in [-0.2, -0.15) is 0 Å². The molecule has 0 heterocycles. The van der Waals surface area contributed by atoms with Gasteiger partial charge in [0.15, 0.2) is 0 Å². The summed E-state index contributed by atoms with van der Waals surface area (Å²) in [5, 5.41) is 2.86. The van der Waals surface area contributed by atoms with Crippen LogP contribution in [0.4, 0.5) is 5.69 Å². The lowest BCUT2D eigenvalue weighted by molar-refractivity contribution is -0.122. The third-order valence-corrected chi connectivity index (χ3v) is 2.77. The Balaban J connectivity index is 2.44. The zero-order chi connectivity index (χ0) is 14.3. The molecule has 1 aromatic carbocycles. The molecule has 0 aliphatic carbocycles. The maximum atomic E-state index is 11.7. The first-order chi connectivity index (χ1) is 9.06. The molecule has 1 aromatic rings. The molecule has 19 heavy (non-hydrogen) atoms. The van der Waals surface area contributed by atoms with Gasteiger partial charge in [0.2, 0.25) is 5.91 Å². The number of nitrogens with one attached hydrogen (secondary N) is 1. The highest BCUT2D eigenvalue weighted by Gasteiger charge is 2.09. The van der Waals surface area contributed by atoms with Crippen LogP contribution in [0.15, 0.2) is 18.2 Å². The summed E-state index contributed by atoms with van der Waals surface area (Å²) in [6.45, 7) is 3.03. The van der Waals surface area contributed by atoms with Gasteiger partial charge in [-0.1, -0.05) is 13.0 Å². The first-order valence-electron chi connectivity index (χ1n) is 6.24. The largest absolute Gasteiger partial charge is 0.495 e. The zero-order valence-corrected chi connectivity index (χ0v) is 11.7. The van der Waals surface area contributed by atoms with Crippen LogP contribution in [-0.4, -0.2) is 26.7 Å². The topological polar surface area (TPSA) is 73.6 Å². The Labute approximate surface area is 114 Å². The number of amides is 1. The predicted octanol–water partition coefficient (Wildman–Crippen LogP) is 1.57. The highest BCUT2D eigenvalue weighted by atomic mass is 16.5. The van der Waals surface area contributed by atoms with E-state index < -0.39 is 0 Å². The minimum absolute atomic E-state index is 0.0129. The van der Waals surface area contributed by atoms with Crippen molar-refractivity contribution in [3.63, 3.8) is 0 Å². The number of methoxy groups -OCH3 is 2. The van der Waals surface area contributed by atoms with E-state index in [4.69, 9.17) is 15.2 Å². The molecule has 0 saturated heterocycles. The second-order valence-corrected chi connectivity index (χ2v) is 4.62. The third-order valence-electron chi connectivity index (χ3n) is 2.77. The van der Waals surface area contributed by atoms with Gasteiger partial charge in [-0.05, 0) is 23.6 Å². The summed E-state index contributed by atoms with van der Waals surface area (Å²) in [7, 11) is 3.21. The van der Waals surface area contributed by atoms with E-state index in [2.05, 4.69) is 5.32 Å². The maximum Gasteiger partial charge on any atom is 0.220 e. The molecule has 0 aromatic heterocycles. The van der Waals surface area contributed by atoms with Gasteiger partial charge in [-0.15, -0.1) is 0 Å². The Morgan fingerprint density at radius 3 is 2.74 bits per heavy atom. The van der Waals surface area contributed by atoms with Crippen LogP contribution in [0.2, 0.25) is 0 Å². The van der Waals surface area contributed by atoms with Crippen molar-refractivity contribution in [2.45, 2.75) is 19.9 Å². The Morgan fingerprint density at radius 2 is 2.16 bits per heavy atom. The van der Waals surface area contributed by atoms with Crippen LogP contribution in [0.5, 0.6) is 5.75 Å². The van der Waals surface area contributed by atoms with Crippen LogP contribution < -0.4 is 15.8 Å². The number of nitrogens with two attached hydrogens (primary N) is 1. The van der Waals surface area contributed by atoms with Crippen LogP contribution in [0, 0.1) is 5.92 Å². The van der Waals surface area contributed by atoms with Gasteiger partial charge in [0.1, 0.15) is 5.75 Å². The summed E-state index contributed by atoms with van der Waals surface area (Å²) in [6, 6.07) is 5.48. The summed E-state index contributed by atoms with van der Waals surface area (Å²) in [4.78, 5) is 11.7. The van der Waals surface area contributed by atoms with Gasteiger partial charge < -0.3 is 20.5 Å². The van der Waals surface area contributed by atoms with E-state index in [1.807, 2.05) is 13.0 Å². The first kappa shape index (κ1) is 15.3. The maximum absolute atomic E-state index is 11.7. The van der Waals surface area contributed by atoms with Gasteiger partial charge in [0, 0.05) is 26.7 Å². The van der Waals surface area contributed by atoms with Gasteiger partial charge in [-0.25, -0.2) is 0 Å². The average Bonchev–Trinajstić information content (AvgIpc) is 2.36. The zero-order valence-electron chi connectivity index (χ0n) is 11.7. The molecule has 106 valence electrons. The van der Waals surface area contributed by atoms with Gasteiger partial charge in [0.05, 0.1) is 12.8 Å². The SMILES string of the molecule is COCC(C)CC(=O)NCc1ccc(OC)c(N)c1. The van der Waals surface area contributed by atoms with Crippen molar-refractivity contribution in [3.05, 3.63) is 23.8 Å². The molecule has 0 spiro atoms. The van der Waals surface area contributed by atoms with Crippen LogP contribution >= 0.6 is 0 Å². The van der Waals surface area contributed by atoms with Crippen LogP contribution in [0.3, 0.4) is 0 Å². The van der Waals surface area contributed by atoms with Crippen molar-refractivity contribution in [2.75, 3.05) is 26.6 Å². The number of nitrogen functional groups attached to an aromatic ring is 1. The molecule has 3 N–H and O–H groups in total. The standard InChI is InChI=1S/C14H22N2O3/c1-10(9-18-2)6-14(17)16-8-11-4-5-13(19-3)12(15)7-11/h4-5,7,10H,6,8-9,15H2,1-3H3,(H,16,17). The molecular formula is C14H22N2O3. The van der Waals surface area contributed by atoms with Crippen molar-refractivity contribution in [3.8, 4) is 5.75 Å². The summed E-state index contributed by atoms with van der Waals surface area (Å²) in [5.41, 5.74) is 7.33. The minimum atomic E-state index is 0.0129. The molecule has 1 atom stereocenters. The molecule has 5 nitrogen and oxygen atoms in total.